The fraction of sp³-hybridized carbons (Fsp3) is 0.214. The maximum absolute atomic E-state index is 12.6. The van der Waals surface area contributed by atoms with E-state index in [1.165, 1.54) is 6.07 Å². The van der Waals surface area contributed by atoms with E-state index in [1.807, 2.05) is 0 Å². The van der Waals surface area contributed by atoms with Crippen molar-refractivity contribution < 1.29 is 31.9 Å². The molecule has 0 saturated heterocycles. The lowest BCUT2D eigenvalue weighted by atomic mass is 10.1. The van der Waals surface area contributed by atoms with E-state index in [0.29, 0.717) is 6.07 Å². The Morgan fingerprint density at radius 1 is 1.35 bits per heavy atom. The fourth-order valence-electron chi connectivity index (χ4n) is 1.64. The van der Waals surface area contributed by atoms with Crippen LogP contribution in [0.5, 0.6) is 0 Å². The topological polar surface area (TPSA) is 81.4 Å². The zero-order valence-electron chi connectivity index (χ0n) is 11.8. The standard InChI is InChI=1S/C14H11F3N2O4/c1-2-22-12(21)10-7-23-13(18-10)19-11(20)8-4-3-5-9(6-8)14(15,16)17/h3-7H,2H2,1H3,(H,18,19,20). The number of aromatic nitrogens is 1. The first-order valence-electron chi connectivity index (χ1n) is 6.42. The van der Waals surface area contributed by atoms with Crippen molar-refractivity contribution in [2.75, 3.05) is 11.9 Å². The molecule has 0 aliphatic carbocycles. The molecule has 0 fully saturated rings. The molecule has 2 rings (SSSR count). The minimum atomic E-state index is -4.56. The second kappa shape index (κ2) is 6.51. The Morgan fingerprint density at radius 3 is 2.74 bits per heavy atom. The van der Waals surface area contributed by atoms with Crippen LogP contribution in [0.1, 0.15) is 33.3 Å². The van der Waals surface area contributed by atoms with E-state index in [2.05, 4.69) is 15.0 Å². The third-order valence-electron chi connectivity index (χ3n) is 2.66. The number of nitrogens with one attached hydrogen (secondary N) is 1. The number of carbonyl (C=O) groups is 2. The second-order valence-corrected chi connectivity index (χ2v) is 4.29. The lowest BCUT2D eigenvalue weighted by Gasteiger charge is -2.07. The molecule has 122 valence electrons. The van der Waals surface area contributed by atoms with Crippen LogP contribution in [0.15, 0.2) is 34.9 Å². The molecule has 0 atom stereocenters. The van der Waals surface area contributed by atoms with Gasteiger partial charge in [0.2, 0.25) is 0 Å². The summed E-state index contributed by atoms with van der Waals surface area (Å²) < 4.78 is 47.4. The van der Waals surface area contributed by atoms with E-state index in [4.69, 9.17) is 4.42 Å². The van der Waals surface area contributed by atoms with Gasteiger partial charge in [0.15, 0.2) is 5.69 Å². The predicted molar refractivity (Wildman–Crippen MR) is 71.9 cm³/mol. The number of anilines is 1. The highest BCUT2D eigenvalue weighted by Crippen LogP contribution is 2.29. The molecule has 1 amide bonds. The van der Waals surface area contributed by atoms with Crippen LogP contribution in [0.4, 0.5) is 19.2 Å². The van der Waals surface area contributed by atoms with Crippen LogP contribution >= 0.6 is 0 Å². The number of rotatable bonds is 4. The van der Waals surface area contributed by atoms with Gasteiger partial charge in [-0.05, 0) is 25.1 Å². The minimum absolute atomic E-state index is 0.137. The third-order valence-corrected chi connectivity index (χ3v) is 2.66. The van der Waals surface area contributed by atoms with Crippen LogP contribution in [-0.4, -0.2) is 23.5 Å². The number of amides is 1. The van der Waals surface area contributed by atoms with Gasteiger partial charge in [0.05, 0.1) is 12.2 Å². The van der Waals surface area contributed by atoms with Gasteiger partial charge in [-0.3, -0.25) is 10.1 Å². The fourth-order valence-corrected chi connectivity index (χ4v) is 1.64. The summed E-state index contributed by atoms with van der Waals surface area (Å²) in [6, 6.07) is 3.54. The van der Waals surface area contributed by atoms with Gasteiger partial charge in [0.25, 0.3) is 5.91 Å². The molecule has 23 heavy (non-hydrogen) atoms. The molecule has 0 aliphatic rings. The first-order valence-corrected chi connectivity index (χ1v) is 6.42. The van der Waals surface area contributed by atoms with Crippen molar-refractivity contribution in [3.05, 3.63) is 47.3 Å². The molecule has 0 saturated carbocycles. The number of hydrogen-bond acceptors (Lipinski definition) is 5. The van der Waals surface area contributed by atoms with Gasteiger partial charge in [-0.25, -0.2) is 4.79 Å². The lowest BCUT2D eigenvalue weighted by molar-refractivity contribution is -0.137. The van der Waals surface area contributed by atoms with Gasteiger partial charge in [-0.2, -0.15) is 18.2 Å². The number of benzene rings is 1. The molecule has 1 aromatic heterocycles. The van der Waals surface area contributed by atoms with E-state index < -0.39 is 23.6 Å². The average molecular weight is 328 g/mol. The highest BCUT2D eigenvalue weighted by Gasteiger charge is 2.31. The largest absolute Gasteiger partial charge is 0.461 e. The normalized spacial score (nSPS) is 11.1. The molecule has 1 N–H and O–H groups in total. The molecule has 0 radical (unpaired) electrons. The molecule has 1 heterocycles. The first-order chi connectivity index (χ1) is 10.8. The van der Waals surface area contributed by atoms with E-state index in [-0.39, 0.29) is 23.9 Å². The van der Waals surface area contributed by atoms with Gasteiger partial charge < -0.3 is 9.15 Å². The molecule has 0 unspecified atom stereocenters. The lowest BCUT2D eigenvalue weighted by Crippen LogP contribution is -2.14. The molecule has 1 aromatic carbocycles. The number of nitrogens with zero attached hydrogens (tertiary/aromatic N) is 1. The van der Waals surface area contributed by atoms with E-state index in [0.717, 1.165) is 18.4 Å². The molecule has 2 aromatic rings. The molecule has 6 nitrogen and oxygen atoms in total. The Kier molecular flexibility index (Phi) is 4.68. The molecule has 9 heteroatoms. The summed E-state index contributed by atoms with van der Waals surface area (Å²) in [6.07, 6.45) is -3.59. The Labute approximate surface area is 128 Å². The van der Waals surface area contributed by atoms with Crippen LogP contribution in [0, 0.1) is 0 Å². The highest BCUT2D eigenvalue weighted by molar-refractivity contribution is 6.03. The van der Waals surface area contributed by atoms with Gasteiger partial charge in [-0.1, -0.05) is 6.07 Å². The van der Waals surface area contributed by atoms with Gasteiger partial charge >= 0.3 is 18.2 Å². The Balaban J connectivity index is 2.12. The number of esters is 1. The molecule has 0 bridgehead atoms. The SMILES string of the molecule is CCOC(=O)c1coc(NC(=O)c2cccc(C(F)(F)F)c2)n1. The maximum atomic E-state index is 12.6. The van der Waals surface area contributed by atoms with Gasteiger partial charge in [0.1, 0.15) is 6.26 Å². The van der Waals surface area contributed by atoms with Crippen LogP contribution < -0.4 is 5.32 Å². The van der Waals surface area contributed by atoms with Crippen molar-refractivity contribution in [2.45, 2.75) is 13.1 Å². The van der Waals surface area contributed by atoms with Crippen LogP contribution in [0.2, 0.25) is 0 Å². The zero-order chi connectivity index (χ0) is 17.0. The molecule has 0 aliphatic heterocycles. The average Bonchev–Trinajstić information content (AvgIpc) is 2.95. The van der Waals surface area contributed by atoms with Crippen molar-refractivity contribution >= 4 is 17.9 Å². The van der Waals surface area contributed by atoms with Crippen molar-refractivity contribution in [1.29, 1.82) is 0 Å². The maximum Gasteiger partial charge on any atom is 0.416 e. The van der Waals surface area contributed by atoms with Crippen molar-refractivity contribution in [1.82, 2.24) is 4.98 Å². The number of hydrogen-bond donors (Lipinski definition) is 1. The number of ether oxygens (including phenoxy) is 1. The second-order valence-electron chi connectivity index (χ2n) is 4.29. The number of oxazole rings is 1. The summed E-state index contributed by atoms with van der Waals surface area (Å²) in [7, 11) is 0. The summed E-state index contributed by atoms with van der Waals surface area (Å²) >= 11 is 0. The van der Waals surface area contributed by atoms with Crippen LogP contribution in [0.25, 0.3) is 0 Å². The summed E-state index contributed by atoms with van der Waals surface area (Å²) in [4.78, 5) is 27.0. The quantitative estimate of drug-likeness (QED) is 0.872. The molecule has 0 spiro atoms. The Bertz CT molecular complexity index is 725. The summed E-state index contributed by atoms with van der Waals surface area (Å²) in [6.45, 7) is 1.74. The summed E-state index contributed by atoms with van der Waals surface area (Å²) in [5.41, 5.74) is -1.34. The highest BCUT2D eigenvalue weighted by atomic mass is 19.4. The summed E-state index contributed by atoms with van der Waals surface area (Å²) in [5, 5.41) is 2.16. The summed E-state index contributed by atoms with van der Waals surface area (Å²) in [5.74, 6) is -1.59. The van der Waals surface area contributed by atoms with E-state index in [1.54, 1.807) is 6.92 Å². The van der Waals surface area contributed by atoms with Crippen molar-refractivity contribution in [3.8, 4) is 0 Å². The zero-order valence-corrected chi connectivity index (χ0v) is 11.8. The minimum Gasteiger partial charge on any atom is -0.461 e. The first kappa shape index (κ1) is 16.5. The predicted octanol–water partition coefficient (Wildman–Crippen LogP) is 3.12. The number of alkyl halides is 3. The number of halogens is 3. The number of carbonyl (C=O) groups excluding carboxylic acids is 2. The van der Waals surface area contributed by atoms with Gasteiger partial charge in [0, 0.05) is 5.56 Å². The van der Waals surface area contributed by atoms with E-state index >= 15 is 0 Å². The van der Waals surface area contributed by atoms with Crippen LogP contribution in [-0.2, 0) is 10.9 Å². The smallest absolute Gasteiger partial charge is 0.416 e. The van der Waals surface area contributed by atoms with Gasteiger partial charge in [-0.15, -0.1) is 0 Å². The van der Waals surface area contributed by atoms with Crippen molar-refractivity contribution in [3.63, 3.8) is 0 Å². The molecular weight excluding hydrogens is 317 g/mol. The monoisotopic (exact) mass is 328 g/mol. The van der Waals surface area contributed by atoms with E-state index in [9.17, 15) is 22.8 Å². The van der Waals surface area contributed by atoms with Crippen LogP contribution in [0.3, 0.4) is 0 Å². The third kappa shape index (κ3) is 4.09. The van der Waals surface area contributed by atoms with Crippen molar-refractivity contribution in [2.24, 2.45) is 0 Å². The Hall–Kier alpha value is -2.84. The molecular formula is C14H11F3N2O4. The Morgan fingerprint density at radius 2 is 2.09 bits per heavy atom.